The Morgan fingerprint density at radius 2 is 1.85 bits per heavy atom. The van der Waals surface area contributed by atoms with Crippen molar-refractivity contribution in [2.24, 2.45) is 7.05 Å². The zero-order valence-corrected chi connectivity index (χ0v) is 22.7. The first-order chi connectivity index (χ1) is 18.6. The second-order valence-electron chi connectivity index (χ2n) is 10.7. The number of amides is 2. The van der Waals surface area contributed by atoms with Crippen molar-refractivity contribution in [3.63, 3.8) is 0 Å². The molecule has 0 spiro atoms. The van der Waals surface area contributed by atoms with Crippen LogP contribution in [-0.4, -0.2) is 67.9 Å². The molecule has 0 bridgehead atoms. The lowest BCUT2D eigenvalue weighted by atomic mass is 9.71. The Morgan fingerprint density at radius 1 is 1.18 bits per heavy atom. The van der Waals surface area contributed by atoms with Gasteiger partial charge in [0.05, 0.1) is 17.8 Å². The molecule has 1 atom stereocenters. The number of pyridine rings is 1. The van der Waals surface area contributed by atoms with Crippen LogP contribution in [0.4, 0.5) is 29.2 Å². The van der Waals surface area contributed by atoms with Crippen LogP contribution in [0.25, 0.3) is 0 Å². The Morgan fingerprint density at radius 3 is 2.45 bits per heavy atom. The van der Waals surface area contributed by atoms with E-state index in [1.807, 2.05) is 0 Å². The predicted molar refractivity (Wildman–Crippen MR) is 137 cm³/mol. The molecule has 2 aliphatic rings. The predicted octanol–water partition coefficient (Wildman–Crippen LogP) is 3.38. The van der Waals surface area contributed by atoms with E-state index >= 15 is 8.78 Å². The van der Waals surface area contributed by atoms with Gasteiger partial charge in [-0.1, -0.05) is 17.7 Å². The van der Waals surface area contributed by atoms with Crippen molar-refractivity contribution in [3.8, 4) is 0 Å². The maximum Gasteiger partial charge on any atom is 0.261 e. The minimum absolute atomic E-state index is 0.159. The molecule has 212 valence electrons. The number of anilines is 2. The van der Waals surface area contributed by atoms with Gasteiger partial charge >= 0.3 is 0 Å². The molecule has 1 aromatic carbocycles. The summed E-state index contributed by atoms with van der Waals surface area (Å²) < 4.78 is 61.6. The van der Waals surface area contributed by atoms with E-state index in [9.17, 15) is 23.5 Å². The zero-order chi connectivity index (χ0) is 29.3. The lowest BCUT2D eigenvalue weighted by Crippen LogP contribution is -2.61. The molecule has 2 aromatic heterocycles. The largest absolute Gasteiger partial charge is 0.381 e. The van der Waals surface area contributed by atoms with E-state index in [4.69, 9.17) is 11.6 Å². The average Bonchev–Trinajstić information content (AvgIpc) is 3.19. The molecular formula is C26H25ClF4N6O3. The van der Waals surface area contributed by atoms with Crippen LogP contribution in [0, 0.1) is 23.3 Å². The van der Waals surface area contributed by atoms with Crippen molar-refractivity contribution < 1.29 is 32.3 Å². The summed E-state index contributed by atoms with van der Waals surface area (Å²) in [7, 11) is 1.45. The van der Waals surface area contributed by atoms with Gasteiger partial charge in [0.1, 0.15) is 22.3 Å². The first kappa shape index (κ1) is 27.8. The van der Waals surface area contributed by atoms with Crippen LogP contribution in [0.3, 0.4) is 0 Å². The zero-order valence-electron chi connectivity index (χ0n) is 21.9. The van der Waals surface area contributed by atoms with E-state index in [1.54, 1.807) is 0 Å². The number of nitrogens with one attached hydrogen (secondary N) is 1. The van der Waals surface area contributed by atoms with E-state index in [0.29, 0.717) is 0 Å². The van der Waals surface area contributed by atoms with E-state index in [1.165, 1.54) is 32.7 Å². The monoisotopic (exact) mass is 580 g/mol. The van der Waals surface area contributed by atoms with E-state index in [0.717, 1.165) is 34.1 Å². The van der Waals surface area contributed by atoms with Crippen LogP contribution >= 0.6 is 11.6 Å². The Kier molecular flexibility index (Phi) is 6.57. The molecule has 9 nitrogen and oxygen atoms in total. The number of carbonyl (C=O) groups is 2. The molecule has 0 radical (unpaired) electrons. The fourth-order valence-electron chi connectivity index (χ4n) is 5.19. The topological polar surface area (TPSA) is 104 Å². The molecule has 4 heterocycles. The van der Waals surface area contributed by atoms with E-state index < -0.39 is 63.7 Å². The molecule has 2 N–H and O–H groups in total. The number of likely N-dealkylation sites (tertiary alicyclic amines) is 1. The number of rotatable bonds is 5. The van der Waals surface area contributed by atoms with Crippen molar-refractivity contribution in [2.45, 2.75) is 37.8 Å². The third kappa shape index (κ3) is 4.37. The molecule has 1 fully saturated rings. The number of aryl methyl sites for hydroxylation is 1. The molecule has 2 aliphatic heterocycles. The maximum atomic E-state index is 16.3. The average molecular weight is 581 g/mol. The number of hydrogen-bond acceptors (Lipinski definition) is 6. The van der Waals surface area contributed by atoms with Crippen molar-refractivity contribution in [1.29, 1.82) is 0 Å². The van der Waals surface area contributed by atoms with Gasteiger partial charge in [-0.25, -0.2) is 22.5 Å². The number of hydrogen-bond donors (Lipinski definition) is 2. The van der Waals surface area contributed by atoms with Gasteiger partial charge in [-0.15, -0.1) is 0 Å². The molecule has 5 rings (SSSR count). The Hall–Kier alpha value is -3.71. The summed E-state index contributed by atoms with van der Waals surface area (Å²) >= 11 is 5.86. The molecule has 1 saturated heterocycles. The molecule has 0 unspecified atom stereocenters. The van der Waals surface area contributed by atoms with Crippen molar-refractivity contribution in [2.75, 3.05) is 29.9 Å². The summed E-state index contributed by atoms with van der Waals surface area (Å²) in [4.78, 5) is 32.2. The van der Waals surface area contributed by atoms with Crippen molar-refractivity contribution >= 4 is 35.1 Å². The van der Waals surface area contributed by atoms with Crippen molar-refractivity contribution in [1.82, 2.24) is 19.7 Å². The Labute approximate surface area is 231 Å². The minimum Gasteiger partial charge on any atom is -0.381 e. The molecular weight excluding hydrogens is 556 g/mol. The number of aliphatic hydroxyl groups is 1. The third-order valence-electron chi connectivity index (χ3n) is 7.21. The molecule has 40 heavy (non-hydrogen) atoms. The summed E-state index contributed by atoms with van der Waals surface area (Å²) in [5, 5.41) is 16.0. The lowest BCUT2D eigenvalue weighted by molar-refractivity contribution is -0.152. The van der Waals surface area contributed by atoms with Gasteiger partial charge in [-0.2, -0.15) is 5.10 Å². The van der Waals surface area contributed by atoms with Gasteiger partial charge in [0.25, 0.3) is 11.8 Å². The number of carbonyl (C=O) groups excluding carboxylic acids is 2. The smallest absolute Gasteiger partial charge is 0.261 e. The standard InChI is InChI=1S/C26H25ClF4N6O3/c1-25(2,40)24(39)36-8-12(9-36)33-21-20(31)17-13(7-32-21)23(38)37(22-16(29)10-35(4)34-22)11-26(17,3)14-5-6-15(28)18(27)19(14)30/h5-7,10,12,40H,8-9,11H2,1-4H3,(H,32,33)/t26-/m1/s1. The second-order valence-corrected chi connectivity index (χ2v) is 11.1. The number of benzene rings is 1. The Balaban J connectivity index is 1.59. The molecule has 0 aliphatic carbocycles. The number of nitrogens with zero attached hydrogens (tertiary/aromatic N) is 5. The SMILES string of the molecule is Cn1cc(F)c(N2C[C@](C)(c3ccc(F)c(Cl)c3F)c3c(cnc(NC4CN(C(=O)C(C)(C)O)C4)c3F)C2=O)n1. The highest BCUT2D eigenvalue weighted by Crippen LogP contribution is 2.45. The van der Waals surface area contributed by atoms with Crippen LogP contribution in [-0.2, 0) is 17.3 Å². The fourth-order valence-corrected chi connectivity index (χ4v) is 5.36. The summed E-state index contributed by atoms with van der Waals surface area (Å²) in [6, 6.07) is 1.60. The van der Waals surface area contributed by atoms with E-state index in [2.05, 4.69) is 15.4 Å². The van der Waals surface area contributed by atoms with Gasteiger partial charge in [0, 0.05) is 49.4 Å². The fraction of sp³-hybridized carbons (Fsp3) is 0.385. The molecule has 14 heteroatoms. The highest BCUT2D eigenvalue weighted by molar-refractivity contribution is 6.31. The first-order valence-corrected chi connectivity index (χ1v) is 12.6. The number of halogens is 5. The van der Waals surface area contributed by atoms with Gasteiger partial charge in [-0.05, 0) is 26.8 Å². The summed E-state index contributed by atoms with van der Waals surface area (Å²) in [6.07, 6.45) is 2.14. The van der Waals surface area contributed by atoms with Crippen LogP contribution in [0.2, 0.25) is 5.02 Å². The van der Waals surface area contributed by atoms with Crippen LogP contribution in [0.5, 0.6) is 0 Å². The van der Waals surface area contributed by atoms with Gasteiger partial charge in [-0.3, -0.25) is 19.2 Å². The van der Waals surface area contributed by atoms with Crippen LogP contribution in [0.15, 0.2) is 24.5 Å². The first-order valence-electron chi connectivity index (χ1n) is 12.3. The molecule has 2 amide bonds. The van der Waals surface area contributed by atoms with E-state index in [-0.39, 0.29) is 41.4 Å². The van der Waals surface area contributed by atoms with Gasteiger partial charge in [0.15, 0.2) is 23.3 Å². The summed E-state index contributed by atoms with van der Waals surface area (Å²) in [5.74, 6) is -5.91. The molecule has 3 aromatic rings. The summed E-state index contributed by atoms with van der Waals surface area (Å²) in [5.41, 5.74) is -4.00. The highest BCUT2D eigenvalue weighted by Gasteiger charge is 2.48. The highest BCUT2D eigenvalue weighted by atomic mass is 35.5. The quantitative estimate of drug-likeness (QED) is 0.354. The normalized spacial score (nSPS) is 19.5. The van der Waals surface area contributed by atoms with Crippen LogP contribution < -0.4 is 10.2 Å². The maximum absolute atomic E-state index is 16.3. The second kappa shape index (κ2) is 9.44. The van der Waals surface area contributed by atoms with Gasteiger partial charge in [0.2, 0.25) is 0 Å². The minimum atomic E-state index is -1.69. The number of aromatic nitrogens is 3. The van der Waals surface area contributed by atoms with Crippen molar-refractivity contribution in [3.05, 3.63) is 69.5 Å². The third-order valence-corrected chi connectivity index (χ3v) is 7.55. The van der Waals surface area contributed by atoms with Crippen LogP contribution in [0.1, 0.15) is 42.3 Å². The molecule has 0 saturated carbocycles. The summed E-state index contributed by atoms with van der Waals surface area (Å²) in [6.45, 7) is 4.01. The Bertz CT molecular complexity index is 1550. The van der Waals surface area contributed by atoms with Gasteiger partial charge < -0.3 is 15.3 Å². The number of fused-ring (bicyclic) bond motifs is 1. The lowest BCUT2D eigenvalue weighted by Gasteiger charge is -2.43.